The first-order valence-corrected chi connectivity index (χ1v) is 9.23. The number of hydrogen-bond donors (Lipinski definition) is 1. The number of hydrogen-bond acceptors (Lipinski definition) is 4. The van der Waals surface area contributed by atoms with E-state index in [0.29, 0.717) is 19.7 Å². The average molecular weight is 345 g/mol. The Morgan fingerprint density at radius 3 is 2.62 bits per heavy atom. The van der Waals surface area contributed by atoms with Crippen LogP contribution in [0.4, 0.5) is 0 Å². The van der Waals surface area contributed by atoms with Crippen LogP contribution in [0, 0.1) is 5.92 Å². The van der Waals surface area contributed by atoms with Gasteiger partial charge in [0.05, 0.1) is 12.7 Å². The molecule has 2 aromatic rings. The molecule has 1 aliphatic heterocycles. The molecule has 1 saturated heterocycles. The molecule has 1 aromatic heterocycles. The first kappa shape index (κ1) is 17.1. The zero-order valence-electron chi connectivity index (χ0n) is 13.6. The second-order valence-electron chi connectivity index (χ2n) is 6.16. The van der Waals surface area contributed by atoms with Crippen molar-refractivity contribution in [2.75, 3.05) is 19.7 Å². The Kier molecular flexibility index (Phi) is 6.01. The molecule has 24 heavy (non-hydrogen) atoms. The van der Waals surface area contributed by atoms with Crippen molar-refractivity contribution in [1.82, 2.24) is 4.90 Å². The van der Waals surface area contributed by atoms with Gasteiger partial charge in [-0.25, -0.2) is 0 Å². The van der Waals surface area contributed by atoms with Crippen LogP contribution in [0.1, 0.15) is 29.4 Å². The van der Waals surface area contributed by atoms with Crippen molar-refractivity contribution in [2.45, 2.75) is 25.6 Å². The van der Waals surface area contributed by atoms with E-state index in [1.807, 2.05) is 52.7 Å². The largest absolute Gasteiger partial charge is 0.387 e. The number of benzene rings is 1. The SMILES string of the molecule is O=C(COCc1ccccc1)N1CCC(C(O)c2cccs2)CC1. The van der Waals surface area contributed by atoms with E-state index in [0.717, 1.165) is 23.3 Å². The van der Waals surface area contributed by atoms with Crippen LogP contribution in [0.5, 0.6) is 0 Å². The van der Waals surface area contributed by atoms with Crippen LogP contribution in [-0.4, -0.2) is 35.6 Å². The van der Waals surface area contributed by atoms with Crippen molar-refractivity contribution in [3.05, 3.63) is 58.3 Å². The highest BCUT2D eigenvalue weighted by Gasteiger charge is 2.28. The van der Waals surface area contributed by atoms with Crippen LogP contribution in [-0.2, 0) is 16.1 Å². The fraction of sp³-hybridized carbons (Fsp3) is 0.421. The molecular formula is C19H23NO3S. The number of aliphatic hydroxyl groups excluding tert-OH is 1. The number of ether oxygens (including phenoxy) is 1. The van der Waals surface area contributed by atoms with E-state index in [-0.39, 0.29) is 18.4 Å². The maximum atomic E-state index is 12.2. The number of nitrogens with zero attached hydrogens (tertiary/aromatic N) is 1. The number of likely N-dealkylation sites (tertiary alicyclic amines) is 1. The van der Waals surface area contributed by atoms with Gasteiger partial charge in [-0.1, -0.05) is 36.4 Å². The van der Waals surface area contributed by atoms with Crippen LogP contribution < -0.4 is 0 Å². The minimum atomic E-state index is -0.406. The third-order valence-electron chi connectivity index (χ3n) is 4.51. The summed E-state index contributed by atoms with van der Waals surface area (Å²) in [4.78, 5) is 15.1. The van der Waals surface area contributed by atoms with Crippen LogP contribution >= 0.6 is 11.3 Å². The Hall–Kier alpha value is -1.69. The highest BCUT2D eigenvalue weighted by Crippen LogP contribution is 2.32. The van der Waals surface area contributed by atoms with Gasteiger partial charge in [0.15, 0.2) is 0 Å². The van der Waals surface area contributed by atoms with Gasteiger partial charge in [0.1, 0.15) is 6.61 Å². The molecule has 5 heteroatoms. The lowest BCUT2D eigenvalue weighted by atomic mass is 9.90. The summed E-state index contributed by atoms with van der Waals surface area (Å²) in [5.74, 6) is 0.271. The molecule has 1 aromatic carbocycles. The van der Waals surface area contributed by atoms with Gasteiger partial charge in [-0.15, -0.1) is 11.3 Å². The van der Waals surface area contributed by atoms with Gasteiger partial charge in [-0.05, 0) is 35.8 Å². The first-order valence-electron chi connectivity index (χ1n) is 8.35. The standard InChI is InChI=1S/C19H23NO3S/c21-18(14-23-13-15-5-2-1-3-6-15)20-10-8-16(9-11-20)19(22)17-7-4-12-24-17/h1-7,12,16,19,22H,8-11,13-14H2. The smallest absolute Gasteiger partial charge is 0.248 e. The van der Waals surface area contributed by atoms with E-state index in [1.165, 1.54) is 0 Å². The predicted octanol–water partition coefficient (Wildman–Crippen LogP) is 3.24. The number of amides is 1. The van der Waals surface area contributed by atoms with Gasteiger partial charge in [0.25, 0.3) is 0 Å². The van der Waals surface area contributed by atoms with E-state index in [1.54, 1.807) is 11.3 Å². The lowest BCUT2D eigenvalue weighted by Crippen LogP contribution is -2.41. The first-order chi connectivity index (χ1) is 11.7. The number of carbonyl (C=O) groups is 1. The molecule has 3 rings (SSSR count). The normalized spacial score (nSPS) is 17.0. The van der Waals surface area contributed by atoms with E-state index in [4.69, 9.17) is 4.74 Å². The van der Waals surface area contributed by atoms with Crippen molar-refractivity contribution >= 4 is 17.2 Å². The van der Waals surface area contributed by atoms with Crippen LogP contribution in [0.15, 0.2) is 47.8 Å². The topological polar surface area (TPSA) is 49.8 Å². The zero-order valence-corrected chi connectivity index (χ0v) is 14.5. The molecule has 1 atom stereocenters. The molecule has 0 spiro atoms. The molecule has 0 bridgehead atoms. The number of thiophene rings is 1. The molecule has 1 unspecified atom stereocenters. The van der Waals surface area contributed by atoms with Gasteiger partial charge < -0.3 is 14.7 Å². The van der Waals surface area contributed by atoms with Gasteiger partial charge in [-0.2, -0.15) is 0 Å². The van der Waals surface area contributed by atoms with Gasteiger partial charge >= 0.3 is 0 Å². The second kappa shape index (κ2) is 8.42. The molecule has 1 amide bonds. The maximum absolute atomic E-state index is 12.2. The molecule has 0 aliphatic carbocycles. The van der Waals surface area contributed by atoms with Crippen LogP contribution in [0.2, 0.25) is 0 Å². The Labute approximate surface area is 146 Å². The molecule has 0 saturated carbocycles. The average Bonchev–Trinajstić information content (AvgIpc) is 3.17. The molecule has 2 heterocycles. The van der Waals surface area contributed by atoms with Crippen molar-refractivity contribution in [1.29, 1.82) is 0 Å². The van der Waals surface area contributed by atoms with Crippen LogP contribution in [0.3, 0.4) is 0 Å². The number of rotatable bonds is 6. The summed E-state index contributed by atoms with van der Waals surface area (Å²) >= 11 is 1.59. The summed E-state index contributed by atoms with van der Waals surface area (Å²) in [6.07, 6.45) is 1.27. The summed E-state index contributed by atoms with van der Waals surface area (Å²) in [5, 5.41) is 12.4. The lowest BCUT2D eigenvalue weighted by molar-refractivity contribution is -0.138. The molecule has 0 radical (unpaired) electrons. The van der Waals surface area contributed by atoms with Crippen molar-refractivity contribution in [3.63, 3.8) is 0 Å². The molecular weight excluding hydrogens is 322 g/mol. The Morgan fingerprint density at radius 2 is 1.96 bits per heavy atom. The molecule has 128 valence electrons. The Morgan fingerprint density at radius 1 is 1.21 bits per heavy atom. The van der Waals surface area contributed by atoms with Crippen molar-refractivity contribution < 1.29 is 14.6 Å². The van der Waals surface area contributed by atoms with E-state index in [2.05, 4.69) is 0 Å². The maximum Gasteiger partial charge on any atom is 0.248 e. The fourth-order valence-electron chi connectivity index (χ4n) is 3.08. The quantitative estimate of drug-likeness (QED) is 0.874. The number of aliphatic hydroxyl groups is 1. The summed E-state index contributed by atoms with van der Waals surface area (Å²) in [5.41, 5.74) is 1.07. The molecule has 1 fully saturated rings. The number of carbonyl (C=O) groups excluding carboxylic acids is 1. The van der Waals surface area contributed by atoms with Crippen LogP contribution in [0.25, 0.3) is 0 Å². The van der Waals surface area contributed by atoms with Crippen molar-refractivity contribution in [3.8, 4) is 0 Å². The van der Waals surface area contributed by atoms with E-state index >= 15 is 0 Å². The summed E-state index contributed by atoms with van der Waals surface area (Å²) < 4.78 is 5.53. The third-order valence-corrected chi connectivity index (χ3v) is 5.45. The summed E-state index contributed by atoms with van der Waals surface area (Å²) in [6.45, 7) is 1.97. The zero-order chi connectivity index (χ0) is 16.8. The number of piperidine rings is 1. The highest BCUT2D eigenvalue weighted by atomic mass is 32.1. The summed E-state index contributed by atoms with van der Waals surface area (Å²) in [6, 6.07) is 13.8. The molecule has 1 aliphatic rings. The van der Waals surface area contributed by atoms with Gasteiger partial charge in [0, 0.05) is 18.0 Å². The van der Waals surface area contributed by atoms with Crippen molar-refractivity contribution in [2.24, 2.45) is 5.92 Å². The summed E-state index contributed by atoms with van der Waals surface area (Å²) in [7, 11) is 0. The Balaban J connectivity index is 1.40. The van der Waals surface area contributed by atoms with Gasteiger partial charge in [-0.3, -0.25) is 4.79 Å². The minimum Gasteiger partial charge on any atom is -0.387 e. The third kappa shape index (κ3) is 4.44. The lowest BCUT2D eigenvalue weighted by Gasteiger charge is -2.34. The fourth-order valence-corrected chi connectivity index (χ4v) is 3.88. The second-order valence-corrected chi connectivity index (χ2v) is 7.14. The molecule has 4 nitrogen and oxygen atoms in total. The highest BCUT2D eigenvalue weighted by molar-refractivity contribution is 7.10. The van der Waals surface area contributed by atoms with E-state index in [9.17, 15) is 9.90 Å². The monoisotopic (exact) mass is 345 g/mol. The van der Waals surface area contributed by atoms with Gasteiger partial charge in [0.2, 0.25) is 5.91 Å². The minimum absolute atomic E-state index is 0.0370. The van der Waals surface area contributed by atoms with E-state index < -0.39 is 6.10 Å². The predicted molar refractivity (Wildman–Crippen MR) is 94.7 cm³/mol. The molecule has 1 N–H and O–H groups in total. The Bertz CT molecular complexity index is 621.